The van der Waals surface area contributed by atoms with Crippen molar-refractivity contribution in [2.45, 2.75) is 12.5 Å². The minimum absolute atomic E-state index is 0.375. The molecule has 1 atom stereocenters. The second kappa shape index (κ2) is 9.28. The number of hydrogen-bond donors (Lipinski definition) is 0. The molecule has 31 heavy (non-hydrogen) atoms. The molecule has 3 heterocycles. The van der Waals surface area contributed by atoms with Gasteiger partial charge in [-0.2, -0.15) is 0 Å². The third kappa shape index (κ3) is 4.41. The third-order valence-corrected chi connectivity index (χ3v) is 7.20. The fraction of sp³-hybridized carbons (Fsp3) is 0.360. The molecule has 0 spiro atoms. The van der Waals surface area contributed by atoms with Crippen LogP contribution in [0, 0.1) is 0 Å². The standard InChI is InChI=1S/C25H28N4OS/c1-30-22-11-10-19-9-5-12-26-23(19)24(22)29-14-6-13-28(15-16-29)17-21-18-31-25(27-21)20-7-3-2-4-8-20/h2-5,7-12,21H,6,13-18H2,1H3. The van der Waals surface area contributed by atoms with Crippen molar-refractivity contribution in [3.05, 3.63) is 66.4 Å². The molecule has 2 aromatic carbocycles. The quantitative estimate of drug-likeness (QED) is 0.601. The Balaban J connectivity index is 1.28. The van der Waals surface area contributed by atoms with E-state index in [0.29, 0.717) is 6.04 Å². The SMILES string of the molecule is COc1ccc2cccnc2c1N1CCCN(CC2CSC(c3ccccc3)=N2)CC1. The number of aromatic nitrogens is 1. The maximum atomic E-state index is 5.72. The summed E-state index contributed by atoms with van der Waals surface area (Å²) in [6.45, 7) is 5.15. The van der Waals surface area contributed by atoms with Gasteiger partial charge in [0.2, 0.25) is 0 Å². The van der Waals surface area contributed by atoms with Crippen molar-refractivity contribution in [3.63, 3.8) is 0 Å². The van der Waals surface area contributed by atoms with Crippen LogP contribution in [0.5, 0.6) is 5.75 Å². The van der Waals surface area contributed by atoms with Crippen LogP contribution in [0.4, 0.5) is 5.69 Å². The molecule has 2 aliphatic heterocycles. The molecule has 1 unspecified atom stereocenters. The van der Waals surface area contributed by atoms with E-state index < -0.39 is 0 Å². The molecule has 2 aliphatic rings. The Hall–Kier alpha value is -2.57. The molecular weight excluding hydrogens is 404 g/mol. The normalized spacial score (nSPS) is 20.0. The third-order valence-electron chi connectivity index (χ3n) is 6.04. The number of methoxy groups -OCH3 is 1. The first-order valence-electron chi connectivity index (χ1n) is 11.0. The molecule has 0 N–H and O–H groups in total. The number of pyridine rings is 1. The summed E-state index contributed by atoms with van der Waals surface area (Å²) in [4.78, 5) is 14.7. The van der Waals surface area contributed by atoms with Crippen molar-refractivity contribution >= 4 is 33.4 Å². The molecule has 5 nitrogen and oxygen atoms in total. The predicted octanol–water partition coefficient (Wildman–Crippen LogP) is 4.32. The maximum Gasteiger partial charge on any atom is 0.144 e. The Morgan fingerprint density at radius 1 is 1.00 bits per heavy atom. The maximum absolute atomic E-state index is 5.72. The molecule has 0 radical (unpaired) electrons. The van der Waals surface area contributed by atoms with Crippen LogP contribution in [0.25, 0.3) is 10.9 Å². The van der Waals surface area contributed by atoms with Gasteiger partial charge in [-0.25, -0.2) is 0 Å². The minimum Gasteiger partial charge on any atom is -0.494 e. The summed E-state index contributed by atoms with van der Waals surface area (Å²) in [5.41, 5.74) is 3.40. The monoisotopic (exact) mass is 432 g/mol. The Morgan fingerprint density at radius 3 is 2.77 bits per heavy atom. The number of nitrogens with zero attached hydrogens (tertiary/aromatic N) is 4. The van der Waals surface area contributed by atoms with Crippen LogP contribution in [0.2, 0.25) is 0 Å². The Labute approximate surface area is 188 Å². The number of hydrogen-bond acceptors (Lipinski definition) is 6. The second-order valence-corrected chi connectivity index (χ2v) is 9.11. The van der Waals surface area contributed by atoms with Crippen LogP contribution < -0.4 is 9.64 Å². The summed E-state index contributed by atoms with van der Waals surface area (Å²) in [5.74, 6) is 1.98. The highest BCUT2D eigenvalue weighted by molar-refractivity contribution is 8.14. The molecule has 0 saturated carbocycles. The van der Waals surface area contributed by atoms with Crippen LogP contribution in [0.15, 0.2) is 65.8 Å². The van der Waals surface area contributed by atoms with Crippen molar-refractivity contribution in [1.29, 1.82) is 0 Å². The van der Waals surface area contributed by atoms with Gasteiger partial charge in [-0.15, -0.1) is 11.8 Å². The number of anilines is 1. The molecule has 160 valence electrons. The van der Waals surface area contributed by atoms with Gasteiger partial charge >= 0.3 is 0 Å². The largest absolute Gasteiger partial charge is 0.494 e. The Kier molecular flexibility index (Phi) is 6.09. The lowest BCUT2D eigenvalue weighted by atomic mass is 10.1. The lowest BCUT2D eigenvalue weighted by molar-refractivity contribution is 0.282. The summed E-state index contributed by atoms with van der Waals surface area (Å²) in [5, 5.41) is 2.35. The van der Waals surface area contributed by atoms with E-state index in [1.807, 2.05) is 24.0 Å². The molecule has 0 bridgehead atoms. The first-order chi connectivity index (χ1) is 15.3. The average molecular weight is 433 g/mol. The van der Waals surface area contributed by atoms with Gasteiger partial charge in [-0.3, -0.25) is 14.9 Å². The number of thioether (sulfide) groups is 1. The van der Waals surface area contributed by atoms with E-state index in [1.165, 1.54) is 10.6 Å². The summed E-state index contributed by atoms with van der Waals surface area (Å²) >= 11 is 1.89. The smallest absolute Gasteiger partial charge is 0.144 e. The molecule has 0 aliphatic carbocycles. The van der Waals surface area contributed by atoms with Gasteiger partial charge in [0.25, 0.3) is 0 Å². The van der Waals surface area contributed by atoms with Crippen LogP contribution >= 0.6 is 11.8 Å². The predicted molar refractivity (Wildman–Crippen MR) is 131 cm³/mol. The molecule has 0 amide bonds. The lowest BCUT2D eigenvalue weighted by Crippen LogP contribution is -2.35. The van der Waals surface area contributed by atoms with E-state index in [1.54, 1.807) is 7.11 Å². The Bertz CT molecular complexity index is 1070. The van der Waals surface area contributed by atoms with Crippen LogP contribution in [0.3, 0.4) is 0 Å². The topological polar surface area (TPSA) is 41.0 Å². The van der Waals surface area contributed by atoms with Gasteiger partial charge in [0.05, 0.1) is 23.7 Å². The lowest BCUT2D eigenvalue weighted by Gasteiger charge is -2.26. The van der Waals surface area contributed by atoms with Gasteiger partial charge in [-0.05, 0) is 31.2 Å². The Morgan fingerprint density at radius 2 is 1.90 bits per heavy atom. The van der Waals surface area contributed by atoms with E-state index in [2.05, 4.69) is 63.3 Å². The van der Waals surface area contributed by atoms with Gasteiger partial charge in [-0.1, -0.05) is 36.4 Å². The molecular formula is C25H28N4OS. The zero-order valence-electron chi connectivity index (χ0n) is 17.9. The highest BCUT2D eigenvalue weighted by Gasteiger charge is 2.25. The van der Waals surface area contributed by atoms with Crippen LogP contribution in [0.1, 0.15) is 12.0 Å². The summed E-state index contributed by atoms with van der Waals surface area (Å²) in [6.07, 6.45) is 3.00. The van der Waals surface area contributed by atoms with E-state index in [-0.39, 0.29) is 0 Å². The second-order valence-electron chi connectivity index (χ2n) is 8.10. The van der Waals surface area contributed by atoms with Crippen molar-refractivity contribution in [1.82, 2.24) is 9.88 Å². The van der Waals surface area contributed by atoms with E-state index in [0.717, 1.165) is 67.2 Å². The number of fused-ring (bicyclic) bond motifs is 1. The van der Waals surface area contributed by atoms with E-state index in [4.69, 9.17) is 9.73 Å². The molecule has 3 aromatic rings. The number of aliphatic imine (C=N–C) groups is 1. The number of benzene rings is 2. The van der Waals surface area contributed by atoms with Crippen molar-refractivity contribution in [2.75, 3.05) is 50.5 Å². The first kappa shape index (κ1) is 20.3. The molecule has 1 aromatic heterocycles. The number of rotatable bonds is 5. The summed E-state index contributed by atoms with van der Waals surface area (Å²) < 4.78 is 5.72. The average Bonchev–Trinajstić information content (AvgIpc) is 3.17. The van der Waals surface area contributed by atoms with Crippen LogP contribution in [-0.2, 0) is 0 Å². The molecule has 5 rings (SSSR count). The van der Waals surface area contributed by atoms with Gasteiger partial charge in [0.1, 0.15) is 11.4 Å². The zero-order valence-corrected chi connectivity index (χ0v) is 18.7. The highest BCUT2D eigenvalue weighted by Crippen LogP contribution is 2.35. The van der Waals surface area contributed by atoms with Gasteiger partial charge in [0.15, 0.2) is 0 Å². The van der Waals surface area contributed by atoms with E-state index >= 15 is 0 Å². The summed E-state index contributed by atoms with van der Waals surface area (Å²) in [7, 11) is 1.75. The number of ether oxygens (including phenoxy) is 1. The fourth-order valence-electron chi connectivity index (χ4n) is 4.50. The summed E-state index contributed by atoms with van der Waals surface area (Å²) in [6, 6.07) is 19.2. The van der Waals surface area contributed by atoms with E-state index in [9.17, 15) is 0 Å². The minimum atomic E-state index is 0.375. The van der Waals surface area contributed by atoms with Crippen molar-refractivity contribution in [2.24, 2.45) is 4.99 Å². The molecule has 6 heteroatoms. The fourth-order valence-corrected chi connectivity index (χ4v) is 5.56. The van der Waals surface area contributed by atoms with Gasteiger partial charge in [0, 0.05) is 49.1 Å². The first-order valence-corrected chi connectivity index (χ1v) is 12.0. The van der Waals surface area contributed by atoms with Gasteiger partial charge < -0.3 is 9.64 Å². The van der Waals surface area contributed by atoms with Crippen LogP contribution in [-0.4, -0.2) is 66.6 Å². The molecule has 1 fully saturated rings. The molecule has 1 saturated heterocycles. The highest BCUT2D eigenvalue weighted by atomic mass is 32.2. The zero-order chi connectivity index (χ0) is 21.0. The van der Waals surface area contributed by atoms with Crippen molar-refractivity contribution in [3.8, 4) is 5.75 Å². The van der Waals surface area contributed by atoms with Crippen molar-refractivity contribution < 1.29 is 4.74 Å².